The highest BCUT2D eigenvalue weighted by Gasteiger charge is 2.35. The van der Waals surface area contributed by atoms with Gasteiger partial charge in [-0.25, -0.2) is 0 Å². The monoisotopic (exact) mass is 379 g/mol. The second-order valence-corrected chi connectivity index (χ2v) is 7.90. The van der Waals surface area contributed by atoms with Crippen molar-refractivity contribution in [3.05, 3.63) is 34.3 Å². The van der Waals surface area contributed by atoms with Crippen molar-refractivity contribution in [2.45, 2.75) is 70.1 Å². The zero-order chi connectivity index (χ0) is 16.2. The van der Waals surface area contributed by atoms with E-state index in [2.05, 4.69) is 45.5 Å². The van der Waals surface area contributed by atoms with Crippen LogP contribution in [0, 0.1) is 5.92 Å². The average Bonchev–Trinajstić information content (AvgIpc) is 2.55. The van der Waals surface area contributed by atoms with Gasteiger partial charge in [-0.05, 0) is 49.3 Å². The average molecular weight is 380 g/mol. The van der Waals surface area contributed by atoms with Gasteiger partial charge < -0.3 is 10.1 Å². The minimum atomic E-state index is 0.0638. The number of ether oxygens (including phenoxy) is 1. The molecule has 3 rings (SSSR count). The number of nitrogens with one attached hydrogen (secondary N) is 1. The van der Waals surface area contributed by atoms with E-state index in [0.717, 1.165) is 17.3 Å². The molecule has 3 nitrogen and oxygen atoms in total. The maximum absolute atomic E-state index is 11.5. The molecule has 1 aliphatic carbocycles. The number of halogens is 1. The van der Waals surface area contributed by atoms with Crippen molar-refractivity contribution in [2.75, 3.05) is 0 Å². The number of hydrogen-bond donors (Lipinski definition) is 1. The molecule has 1 aromatic rings. The molecular weight excluding hydrogens is 354 g/mol. The predicted molar refractivity (Wildman–Crippen MR) is 95.2 cm³/mol. The van der Waals surface area contributed by atoms with Gasteiger partial charge in [0.25, 0.3) is 0 Å². The summed E-state index contributed by atoms with van der Waals surface area (Å²) < 4.78 is 7.58. The van der Waals surface area contributed by atoms with Crippen molar-refractivity contribution >= 4 is 21.8 Å². The van der Waals surface area contributed by atoms with E-state index < -0.39 is 0 Å². The zero-order valence-electron chi connectivity index (χ0n) is 13.8. The summed E-state index contributed by atoms with van der Waals surface area (Å²) in [7, 11) is 0. The maximum atomic E-state index is 11.5. The fourth-order valence-electron chi connectivity index (χ4n) is 4.06. The Morgan fingerprint density at radius 1 is 1.13 bits per heavy atom. The number of rotatable bonds is 3. The third kappa shape index (κ3) is 4.57. The molecule has 0 aromatic heterocycles. The van der Waals surface area contributed by atoms with Gasteiger partial charge in [0.2, 0.25) is 5.91 Å². The number of carbonyl (C=O) groups is 1. The Morgan fingerprint density at radius 2 is 1.83 bits per heavy atom. The quantitative estimate of drug-likeness (QED) is 0.822. The van der Waals surface area contributed by atoms with Gasteiger partial charge in [-0.15, -0.1) is 0 Å². The second-order valence-electron chi connectivity index (χ2n) is 6.98. The molecule has 3 atom stereocenters. The van der Waals surface area contributed by atoms with Gasteiger partial charge in [-0.2, -0.15) is 0 Å². The Labute approximate surface area is 147 Å². The number of carbonyl (C=O) groups excluding carboxylic acids is 1. The summed E-state index contributed by atoms with van der Waals surface area (Å²) in [5, 5.41) is 3.13. The summed E-state index contributed by atoms with van der Waals surface area (Å²) in [5.41, 5.74) is 1.21. The number of benzene rings is 1. The molecule has 0 unspecified atom stereocenters. The van der Waals surface area contributed by atoms with Crippen LogP contribution in [0.15, 0.2) is 28.7 Å². The van der Waals surface area contributed by atoms with Crippen molar-refractivity contribution < 1.29 is 9.53 Å². The molecule has 1 N–H and O–H groups in total. The third-order valence-electron chi connectivity index (χ3n) is 5.18. The first kappa shape index (κ1) is 17.0. The third-order valence-corrected chi connectivity index (χ3v) is 5.71. The smallest absolute Gasteiger partial charge is 0.217 e. The Balaban J connectivity index is 1.75. The molecule has 0 radical (unpaired) electrons. The van der Waals surface area contributed by atoms with E-state index in [0.29, 0.717) is 5.92 Å². The second kappa shape index (κ2) is 7.80. The first-order valence-corrected chi connectivity index (χ1v) is 9.59. The lowest BCUT2D eigenvalue weighted by molar-refractivity contribution is -0.124. The standard InChI is InChI=1S/C19H26BrNO2/c1-13(22)21-17-11-18(14-5-3-2-4-6-14)23-19(12-17)15-7-9-16(20)10-8-15/h7-10,14,17-19H,2-6,11-12H2,1H3,(H,21,22)/t17-,18-,19+/m0/s1. The van der Waals surface area contributed by atoms with Crippen LogP contribution in [0.2, 0.25) is 0 Å². The summed E-state index contributed by atoms with van der Waals surface area (Å²) in [5.74, 6) is 0.715. The molecule has 4 heteroatoms. The van der Waals surface area contributed by atoms with Gasteiger partial charge in [0.05, 0.1) is 12.2 Å². The topological polar surface area (TPSA) is 38.3 Å². The lowest BCUT2D eigenvalue weighted by Crippen LogP contribution is -2.44. The van der Waals surface area contributed by atoms with E-state index in [1.807, 2.05) is 0 Å². The van der Waals surface area contributed by atoms with Crippen molar-refractivity contribution in [1.29, 1.82) is 0 Å². The van der Waals surface area contributed by atoms with E-state index in [1.54, 1.807) is 6.92 Å². The Kier molecular flexibility index (Phi) is 5.76. The van der Waals surface area contributed by atoms with E-state index in [1.165, 1.54) is 37.7 Å². The summed E-state index contributed by atoms with van der Waals surface area (Å²) in [4.78, 5) is 11.5. The molecule has 0 spiro atoms. The van der Waals surface area contributed by atoms with E-state index in [4.69, 9.17) is 4.74 Å². The van der Waals surface area contributed by atoms with Crippen LogP contribution in [0.3, 0.4) is 0 Å². The number of hydrogen-bond acceptors (Lipinski definition) is 2. The predicted octanol–water partition coefficient (Wildman–Crippen LogP) is 4.75. The summed E-state index contributed by atoms with van der Waals surface area (Å²) >= 11 is 3.49. The minimum Gasteiger partial charge on any atom is -0.370 e. The molecule has 1 amide bonds. The van der Waals surface area contributed by atoms with E-state index in [-0.39, 0.29) is 24.2 Å². The van der Waals surface area contributed by atoms with E-state index >= 15 is 0 Å². The molecule has 1 saturated heterocycles. The van der Waals surface area contributed by atoms with Gasteiger partial charge in [-0.1, -0.05) is 47.3 Å². The van der Waals surface area contributed by atoms with Gasteiger partial charge >= 0.3 is 0 Å². The van der Waals surface area contributed by atoms with Gasteiger partial charge in [-0.3, -0.25) is 4.79 Å². The van der Waals surface area contributed by atoms with Crippen molar-refractivity contribution in [3.8, 4) is 0 Å². The first-order chi connectivity index (χ1) is 11.1. The van der Waals surface area contributed by atoms with Crippen LogP contribution in [-0.4, -0.2) is 18.1 Å². The highest BCUT2D eigenvalue weighted by Crippen LogP contribution is 2.39. The van der Waals surface area contributed by atoms with Crippen LogP contribution in [0.5, 0.6) is 0 Å². The van der Waals surface area contributed by atoms with Gasteiger partial charge in [0, 0.05) is 17.4 Å². The fraction of sp³-hybridized carbons (Fsp3) is 0.632. The Morgan fingerprint density at radius 3 is 2.48 bits per heavy atom. The summed E-state index contributed by atoms with van der Waals surface area (Å²) in [6, 6.07) is 8.61. The fourth-order valence-corrected chi connectivity index (χ4v) is 4.33. The molecule has 23 heavy (non-hydrogen) atoms. The maximum Gasteiger partial charge on any atom is 0.217 e. The highest BCUT2D eigenvalue weighted by atomic mass is 79.9. The molecule has 0 bridgehead atoms. The number of amides is 1. The Bertz CT molecular complexity index is 525. The largest absolute Gasteiger partial charge is 0.370 e. The molecule has 1 aliphatic heterocycles. The minimum absolute atomic E-state index is 0.0638. The summed E-state index contributed by atoms with van der Waals surface area (Å²) in [6.45, 7) is 1.61. The lowest BCUT2D eigenvalue weighted by atomic mass is 9.80. The van der Waals surface area contributed by atoms with Gasteiger partial charge in [0.1, 0.15) is 0 Å². The Hall–Kier alpha value is -0.870. The SMILES string of the molecule is CC(=O)N[C@H]1C[C@@H](C2CCCCC2)O[C@@H](c2ccc(Br)cc2)C1. The van der Waals surface area contributed by atoms with Crippen LogP contribution in [0.4, 0.5) is 0 Å². The molecule has 1 heterocycles. The van der Waals surface area contributed by atoms with Gasteiger partial charge in [0.15, 0.2) is 0 Å². The summed E-state index contributed by atoms with van der Waals surface area (Å²) in [6.07, 6.45) is 8.71. The van der Waals surface area contributed by atoms with Crippen molar-refractivity contribution in [3.63, 3.8) is 0 Å². The van der Waals surface area contributed by atoms with Crippen LogP contribution >= 0.6 is 15.9 Å². The highest BCUT2D eigenvalue weighted by molar-refractivity contribution is 9.10. The molecule has 2 fully saturated rings. The normalized spacial score (nSPS) is 29.2. The lowest BCUT2D eigenvalue weighted by Gasteiger charge is -2.40. The molecular formula is C19H26BrNO2. The van der Waals surface area contributed by atoms with Crippen LogP contribution in [0.1, 0.15) is 63.5 Å². The van der Waals surface area contributed by atoms with Crippen LogP contribution in [0.25, 0.3) is 0 Å². The van der Waals surface area contributed by atoms with Crippen LogP contribution in [-0.2, 0) is 9.53 Å². The zero-order valence-corrected chi connectivity index (χ0v) is 15.3. The molecule has 2 aliphatic rings. The van der Waals surface area contributed by atoms with Crippen molar-refractivity contribution in [1.82, 2.24) is 5.32 Å². The molecule has 126 valence electrons. The molecule has 1 saturated carbocycles. The van der Waals surface area contributed by atoms with Crippen LogP contribution < -0.4 is 5.32 Å². The molecule has 1 aromatic carbocycles. The van der Waals surface area contributed by atoms with E-state index in [9.17, 15) is 4.79 Å². The first-order valence-electron chi connectivity index (χ1n) is 8.80. The van der Waals surface area contributed by atoms with Crippen molar-refractivity contribution in [2.24, 2.45) is 5.92 Å².